The molecule has 2 aromatic carbocycles. The first-order valence-corrected chi connectivity index (χ1v) is 20.3. The summed E-state index contributed by atoms with van der Waals surface area (Å²) in [5.74, 6) is -1.58. The van der Waals surface area contributed by atoms with Gasteiger partial charge in [-0.05, 0) is 62.4 Å². The molecule has 1 atom stereocenters. The monoisotopic (exact) mass is 807 g/mol. The molecule has 3 fully saturated rings. The molecule has 3 aliphatic heterocycles. The first kappa shape index (κ1) is 37.9. The first-order valence-electron chi connectivity index (χ1n) is 18.5. The largest absolute Gasteiger partial charge is 0.453 e. The third kappa shape index (κ3) is 7.47. The number of hydrogen-bond acceptors (Lipinski definition) is 10. The van der Waals surface area contributed by atoms with Crippen LogP contribution in [0.4, 0.5) is 14.5 Å². The number of piperazine rings is 1. The zero-order valence-electron chi connectivity index (χ0n) is 30.8. The van der Waals surface area contributed by atoms with Gasteiger partial charge in [-0.2, -0.15) is 9.40 Å². The van der Waals surface area contributed by atoms with Crippen LogP contribution in [0.25, 0.3) is 22.6 Å². The van der Waals surface area contributed by atoms with Crippen molar-refractivity contribution in [3.8, 4) is 22.9 Å². The van der Waals surface area contributed by atoms with Crippen molar-refractivity contribution in [1.82, 2.24) is 39.3 Å². The topological polar surface area (TPSA) is 159 Å². The number of amides is 2. The third-order valence-corrected chi connectivity index (χ3v) is 13.0. The number of anilines is 1. The number of H-pyrrole nitrogens is 1. The first-order chi connectivity index (χ1) is 26.8. The molecule has 0 saturated carbocycles. The number of imide groups is 1. The van der Waals surface area contributed by atoms with Gasteiger partial charge in [0, 0.05) is 77.1 Å². The van der Waals surface area contributed by atoms with Gasteiger partial charge in [0.1, 0.15) is 33.7 Å². The van der Waals surface area contributed by atoms with Crippen LogP contribution in [0.5, 0.6) is 11.5 Å². The summed E-state index contributed by atoms with van der Waals surface area (Å²) < 4.78 is 67.0. The van der Waals surface area contributed by atoms with Crippen molar-refractivity contribution in [1.29, 1.82) is 0 Å². The van der Waals surface area contributed by atoms with Crippen molar-refractivity contribution >= 4 is 50.3 Å². The number of imidazole rings is 1. The van der Waals surface area contributed by atoms with E-state index in [1.54, 1.807) is 16.8 Å². The normalized spacial score (nSPS) is 19.2. The smallest absolute Gasteiger partial charge is 0.243 e. The lowest BCUT2D eigenvalue weighted by Gasteiger charge is -2.39. The summed E-state index contributed by atoms with van der Waals surface area (Å²) in [6, 6.07) is 8.46. The summed E-state index contributed by atoms with van der Waals surface area (Å²) >= 11 is 6.50. The van der Waals surface area contributed by atoms with E-state index in [9.17, 15) is 18.0 Å². The van der Waals surface area contributed by atoms with Crippen molar-refractivity contribution in [2.75, 3.05) is 50.7 Å². The Bertz CT molecular complexity index is 2430. The maximum Gasteiger partial charge on any atom is 0.243 e. The summed E-state index contributed by atoms with van der Waals surface area (Å²) in [4.78, 5) is 40.1. The number of nitrogens with zero attached hydrogens (tertiary/aromatic N) is 7. The second-order valence-electron chi connectivity index (χ2n) is 14.6. The van der Waals surface area contributed by atoms with Crippen molar-refractivity contribution in [3.05, 3.63) is 76.7 Å². The molecule has 0 unspecified atom stereocenters. The molecule has 6 heterocycles. The lowest BCUT2D eigenvalue weighted by molar-refractivity contribution is -0.134. The number of benzene rings is 2. The van der Waals surface area contributed by atoms with Gasteiger partial charge in [-0.3, -0.25) is 19.6 Å². The number of aromatic nitrogens is 5. The van der Waals surface area contributed by atoms with Crippen molar-refractivity contribution < 1.29 is 31.5 Å². The second-order valence-corrected chi connectivity index (χ2v) is 16.9. The molecule has 2 amide bonds. The van der Waals surface area contributed by atoms with E-state index in [2.05, 4.69) is 30.3 Å². The molecule has 294 valence electrons. The average molecular weight is 808 g/mol. The summed E-state index contributed by atoms with van der Waals surface area (Å²) in [5.41, 5.74) is 2.65. The molecular formula is C38H40ClF2N9O5S. The van der Waals surface area contributed by atoms with Gasteiger partial charge in [-0.25, -0.2) is 27.2 Å². The zero-order valence-corrected chi connectivity index (χ0v) is 32.3. The molecule has 18 heteroatoms. The highest BCUT2D eigenvalue weighted by Crippen LogP contribution is 2.37. The van der Waals surface area contributed by atoms with E-state index in [1.165, 1.54) is 22.6 Å². The molecular weight excluding hydrogens is 768 g/mol. The van der Waals surface area contributed by atoms with Gasteiger partial charge in [0.15, 0.2) is 11.4 Å². The van der Waals surface area contributed by atoms with E-state index >= 15 is 8.78 Å². The Morgan fingerprint density at radius 2 is 1.71 bits per heavy atom. The minimum atomic E-state index is -3.76. The van der Waals surface area contributed by atoms with Gasteiger partial charge in [0.25, 0.3) is 0 Å². The number of ether oxygens (including phenoxy) is 1. The zero-order chi connectivity index (χ0) is 39.3. The maximum atomic E-state index is 15.2. The number of nitrogens with one attached hydrogen (secondary N) is 2. The van der Waals surface area contributed by atoms with Crippen LogP contribution in [-0.4, -0.2) is 100.0 Å². The Morgan fingerprint density at radius 1 is 0.982 bits per heavy atom. The van der Waals surface area contributed by atoms with E-state index in [1.807, 2.05) is 25.1 Å². The standard InChI is InChI=1S/C38H40ClF2N9O5S/c1-22-28(21-47(2)46-22)36-44-34-35(29(39)19-42-37(34)45-36)55-24-3-5-25(6-4-24)56(53,54)50-15-13-48(14-16-50)20-23-9-11-49(12-10-23)32-18-30(40)27(17-31(32)41)26-7-8-33(51)43-38(26)52/h3-6,17-19,21,23,26H,7-16,20H2,1-2H3,(H,42,44,45)(H,43,51,52)/t26-/m1/s1. The molecule has 5 aromatic rings. The molecule has 3 aromatic heterocycles. The lowest BCUT2D eigenvalue weighted by atomic mass is 9.89. The van der Waals surface area contributed by atoms with Gasteiger partial charge in [0.2, 0.25) is 21.8 Å². The summed E-state index contributed by atoms with van der Waals surface area (Å²) in [6.45, 7) is 5.57. The highest BCUT2D eigenvalue weighted by Gasteiger charge is 2.33. The van der Waals surface area contributed by atoms with Gasteiger partial charge in [-0.15, -0.1) is 0 Å². The van der Waals surface area contributed by atoms with Gasteiger partial charge in [-0.1, -0.05) is 11.6 Å². The van der Waals surface area contributed by atoms with Crippen LogP contribution in [-0.2, 0) is 26.7 Å². The fourth-order valence-electron chi connectivity index (χ4n) is 7.84. The summed E-state index contributed by atoms with van der Waals surface area (Å²) in [5, 5.41) is 6.84. The van der Waals surface area contributed by atoms with Crippen LogP contribution in [0.15, 0.2) is 53.7 Å². The van der Waals surface area contributed by atoms with Gasteiger partial charge >= 0.3 is 0 Å². The number of aromatic amines is 1. The number of rotatable bonds is 9. The quantitative estimate of drug-likeness (QED) is 0.191. The van der Waals surface area contributed by atoms with Crippen molar-refractivity contribution in [2.24, 2.45) is 13.0 Å². The van der Waals surface area contributed by atoms with E-state index in [-0.39, 0.29) is 34.0 Å². The summed E-state index contributed by atoms with van der Waals surface area (Å²) in [6.07, 6.45) is 5.07. The number of aryl methyl sites for hydroxylation is 2. The molecule has 0 spiro atoms. The van der Waals surface area contributed by atoms with Gasteiger partial charge < -0.3 is 19.5 Å². The van der Waals surface area contributed by atoms with E-state index in [0.717, 1.165) is 42.8 Å². The van der Waals surface area contributed by atoms with Crippen LogP contribution in [0.3, 0.4) is 0 Å². The van der Waals surface area contributed by atoms with Crippen molar-refractivity contribution in [2.45, 2.75) is 43.4 Å². The molecule has 2 N–H and O–H groups in total. The highest BCUT2D eigenvalue weighted by atomic mass is 35.5. The maximum absolute atomic E-state index is 15.2. The lowest BCUT2D eigenvalue weighted by Crippen LogP contribution is -2.50. The molecule has 3 aliphatic rings. The summed E-state index contributed by atoms with van der Waals surface area (Å²) in [7, 11) is -1.93. The molecule has 14 nitrogen and oxygen atoms in total. The fourth-order valence-corrected chi connectivity index (χ4v) is 9.45. The SMILES string of the molecule is Cc1nn(C)cc1-c1nc2ncc(Cl)c(Oc3ccc(S(=O)(=O)N4CCN(CC5CCN(c6cc(F)c([C@H]7CCC(=O)NC7=O)cc6F)CC5)CC4)cc3)c2[nH]1. The van der Waals surface area contributed by atoms with Crippen LogP contribution in [0, 0.1) is 24.5 Å². The second kappa shape index (κ2) is 15.2. The molecule has 8 rings (SSSR count). The van der Waals surface area contributed by atoms with E-state index in [4.69, 9.17) is 16.3 Å². The van der Waals surface area contributed by atoms with Crippen LogP contribution >= 0.6 is 11.6 Å². The molecule has 3 saturated heterocycles. The number of carbonyl (C=O) groups excluding carboxylic acids is 2. The number of piperidine rings is 2. The number of carbonyl (C=O) groups is 2. The van der Waals surface area contributed by atoms with E-state index < -0.39 is 39.4 Å². The highest BCUT2D eigenvalue weighted by molar-refractivity contribution is 7.89. The predicted octanol–water partition coefficient (Wildman–Crippen LogP) is 5.13. The minimum Gasteiger partial charge on any atom is -0.453 e. The molecule has 56 heavy (non-hydrogen) atoms. The third-order valence-electron chi connectivity index (χ3n) is 10.9. The van der Waals surface area contributed by atoms with E-state index in [0.29, 0.717) is 73.7 Å². The fraction of sp³-hybridized carbons (Fsp3) is 0.395. The Hall–Kier alpha value is -4.97. The Labute approximate surface area is 326 Å². The molecule has 0 bridgehead atoms. The Balaban J connectivity index is 0.844. The van der Waals surface area contributed by atoms with Crippen LogP contribution < -0.4 is 15.0 Å². The van der Waals surface area contributed by atoms with Crippen LogP contribution in [0.1, 0.15) is 42.9 Å². The number of fused-ring (bicyclic) bond motifs is 1. The predicted molar refractivity (Wildman–Crippen MR) is 204 cm³/mol. The number of sulfonamides is 1. The number of pyridine rings is 1. The Morgan fingerprint density at radius 3 is 2.39 bits per heavy atom. The van der Waals surface area contributed by atoms with Crippen molar-refractivity contribution in [3.63, 3.8) is 0 Å². The van der Waals surface area contributed by atoms with Crippen LogP contribution in [0.2, 0.25) is 5.02 Å². The number of halogens is 3. The number of hydrogen-bond donors (Lipinski definition) is 2. The average Bonchev–Trinajstić information content (AvgIpc) is 3.76. The van der Waals surface area contributed by atoms with Gasteiger partial charge in [0.05, 0.1) is 34.0 Å². The minimum absolute atomic E-state index is 0.0348. The molecule has 0 radical (unpaired) electrons. The molecule has 0 aliphatic carbocycles. The Kier molecular flexibility index (Phi) is 10.3.